The van der Waals surface area contributed by atoms with Crippen LogP contribution in [0.3, 0.4) is 0 Å². The van der Waals surface area contributed by atoms with Crippen LogP contribution in [-0.4, -0.2) is 49.8 Å². The monoisotopic (exact) mass is 200 g/mol. The Hall–Kier alpha value is -0.120. The van der Waals surface area contributed by atoms with Crippen LogP contribution in [0.2, 0.25) is 0 Å². The highest BCUT2D eigenvalue weighted by atomic mass is 16.3. The summed E-state index contributed by atoms with van der Waals surface area (Å²) >= 11 is 0. The molecule has 0 aromatic heterocycles. The Bertz CT molecular complexity index is 159. The first-order chi connectivity index (χ1) is 6.72. The fourth-order valence-corrected chi connectivity index (χ4v) is 2.62. The molecule has 2 N–H and O–H groups in total. The van der Waals surface area contributed by atoms with Crippen molar-refractivity contribution in [1.82, 2.24) is 10.2 Å². The smallest absolute Gasteiger partial charge is 0.0474 e. The fraction of sp³-hybridized carbons (Fsp3) is 1.00. The van der Waals surface area contributed by atoms with E-state index in [1.165, 1.54) is 19.5 Å². The van der Waals surface area contributed by atoms with Crippen molar-refractivity contribution in [2.75, 3.05) is 33.8 Å². The highest BCUT2D eigenvalue weighted by Gasteiger charge is 2.31. The van der Waals surface area contributed by atoms with Crippen LogP contribution in [-0.2, 0) is 0 Å². The fourth-order valence-electron chi connectivity index (χ4n) is 2.62. The zero-order chi connectivity index (χ0) is 10.6. The van der Waals surface area contributed by atoms with Crippen LogP contribution in [0, 0.1) is 11.8 Å². The van der Waals surface area contributed by atoms with E-state index in [0.717, 1.165) is 6.42 Å². The van der Waals surface area contributed by atoms with Gasteiger partial charge in [-0.2, -0.15) is 0 Å². The lowest BCUT2D eigenvalue weighted by atomic mass is 9.86. The van der Waals surface area contributed by atoms with Gasteiger partial charge >= 0.3 is 0 Å². The van der Waals surface area contributed by atoms with E-state index >= 15 is 0 Å². The molecule has 1 aliphatic heterocycles. The summed E-state index contributed by atoms with van der Waals surface area (Å²) in [6.07, 6.45) is 2.32. The van der Waals surface area contributed by atoms with Crippen molar-refractivity contribution in [2.45, 2.75) is 25.8 Å². The number of nitrogens with zero attached hydrogens (tertiary/aromatic N) is 1. The van der Waals surface area contributed by atoms with Gasteiger partial charge in [0.25, 0.3) is 0 Å². The number of aliphatic hydroxyl groups is 1. The van der Waals surface area contributed by atoms with Gasteiger partial charge in [-0.25, -0.2) is 0 Å². The molecule has 3 nitrogen and oxygen atoms in total. The SMILES string of the molecule is CCC(CO)C(NC)C1CCN(C)C1. The molecule has 1 saturated heterocycles. The first kappa shape index (κ1) is 12.0. The molecule has 0 radical (unpaired) electrons. The van der Waals surface area contributed by atoms with Gasteiger partial charge < -0.3 is 15.3 Å². The van der Waals surface area contributed by atoms with E-state index in [2.05, 4.69) is 24.2 Å². The van der Waals surface area contributed by atoms with Crippen LogP contribution < -0.4 is 5.32 Å². The molecule has 0 saturated carbocycles. The molecule has 1 rings (SSSR count). The van der Waals surface area contributed by atoms with E-state index in [0.29, 0.717) is 24.5 Å². The Labute approximate surface area is 87.5 Å². The molecule has 0 amide bonds. The molecule has 3 heteroatoms. The van der Waals surface area contributed by atoms with Crippen LogP contribution in [0.4, 0.5) is 0 Å². The summed E-state index contributed by atoms with van der Waals surface area (Å²) in [6.45, 7) is 4.83. The standard InChI is InChI=1S/C11H24N2O/c1-4-9(8-14)11(12-2)10-5-6-13(3)7-10/h9-12,14H,4-8H2,1-3H3. The van der Waals surface area contributed by atoms with Gasteiger partial charge in [-0.3, -0.25) is 0 Å². The molecule has 1 fully saturated rings. The largest absolute Gasteiger partial charge is 0.396 e. The molecule has 84 valence electrons. The molecule has 3 unspecified atom stereocenters. The van der Waals surface area contributed by atoms with Crippen molar-refractivity contribution in [3.05, 3.63) is 0 Å². The normalized spacial score (nSPS) is 27.9. The summed E-state index contributed by atoms with van der Waals surface area (Å²) in [5, 5.41) is 12.7. The Morgan fingerprint density at radius 2 is 2.29 bits per heavy atom. The number of aliphatic hydroxyl groups excluding tert-OH is 1. The molecular formula is C11H24N2O. The number of hydrogen-bond acceptors (Lipinski definition) is 3. The Balaban J connectivity index is 2.52. The van der Waals surface area contributed by atoms with Crippen LogP contribution in [0.5, 0.6) is 0 Å². The van der Waals surface area contributed by atoms with E-state index < -0.39 is 0 Å². The molecule has 0 bridgehead atoms. The third-order valence-electron chi connectivity index (χ3n) is 3.54. The van der Waals surface area contributed by atoms with E-state index in [4.69, 9.17) is 0 Å². The Morgan fingerprint density at radius 3 is 2.64 bits per heavy atom. The van der Waals surface area contributed by atoms with E-state index in [1.54, 1.807) is 0 Å². The summed E-state index contributed by atoms with van der Waals surface area (Å²) < 4.78 is 0. The van der Waals surface area contributed by atoms with Gasteiger partial charge in [0.2, 0.25) is 0 Å². The second-order valence-electron chi connectivity index (χ2n) is 4.48. The number of hydrogen-bond donors (Lipinski definition) is 2. The Kier molecular flexibility index (Phi) is 4.85. The lowest BCUT2D eigenvalue weighted by molar-refractivity contribution is 0.159. The van der Waals surface area contributed by atoms with Gasteiger partial charge in [0.15, 0.2) is 0 Å². The van der Waals surface area contributed by atoms with Crippen molar-refractivity contribution in [1.29, 1.82) is 0 Å². The first-order valence-corrected chi connectivity index (χ1v) is 5.69. The minimum absolute atomic E-state index is 0.308. The minimum Gasteiger partial charge on any atom is -0.396 e. The average Bonchev–Trinajstić information content (AvgIpc) is 2.60. The zero-order valence-corrected chi connectivity index (χ0v) is 9.66. The van der Waals surface area contributed by atoms with Crippen LogP contribution in [0.15, 0.2) is 0 Å². The third kappa shape index (κ3) is 2.69. The summed E-state index contributed by atoms with van der Waals surface area (Å²) in [5.74, 6) is 1.12. The second-order valence-corrected chi connectivity index (χ2v) is 4.48. The lowest BCUT2D eigenvalue weighted by Gasteiger charge is -2.29. The molecule has 0 aliphatic carbocycles. The average molecular weight is 200 g/mol. The topological polar surface area (TPSA) is 35.5 Å². The predicted molar refractivity (Wildman–Crippen MR) is 59.3 cm³/mol. The lowest BCUT2D eigenvalue weighted by Crippen LogP contribution is -2.42. The van der Waals surface area contributed by atoms with Crippen LogP contribution in [0.25, 0.3) is 0 Å². The van der Waals surface area contributed by atoms with Gasteiger partial charge in [0.05, 0.1) is 0 Å². The summed E-state index contributed by atoms with van der Waals surface area (Å²) in [6, 6.07) is 0.481. The third-order valence-corrected chi connectivity index (χ3v) is 3.54. The molecular weight excluding hydrogens is 176 g/mol. The molecule has 1 heterocycles. The molecule has 0 spiro atoms. The van der Waals surface area contributed by atoms with Gasteiger partial charge in [-0.05, 0) is 45.3 Å². The van der Waals surface area contributed by atoms with Crippen molar-refractivity contribution in [3.8, 4) is 0 Å². The van der Waals surface area contributed by atoms with Crippen LogP contribution >= 0.6 is 0 Å². The van der Waals surface area contributed by atoms with Crippen LogP contribution in [0.1, 0.15) is 19.8 Å². The van der Waals surface area contributed by atoms with Crippen molar-refractivity contribution in [2.24, 2.45) is 11.8 Å². The quantitative estimate of drug-likeness (QED) is 0.680. The summed E-state index contributed by atoms with van der Waals surface area (Å²) in [5.41, 5.74) is 0. The van der Waals surface area contributed by atoms with E-state index in [-0.39, 0.29) is 0 Å². The molecule has 1 aliphatic rings. The molecule has 14 heavy (non-hydrogen) atoms. The molecule has 3 atom stereocenters. The maximum absolute atomic E-state index is 9.30. The number of nitrogens with one attached hydrogen (secondary N) is 1. The highest BCUT2D eigenvalue weighted by Crippen LogP contribution is 2.24. The Morgan fingerprint density at radius 1 is 1.57 bits per heavy atom. The van der Waals surface area contributed by atoms with Crippen molar-refractivity contribution >= 4 is 0 Å². The zero-order valence-electron chi connectivity index (χ0n) is 9.66. The van der Waals surface area contributed by atoms with Gasteiger partial charge in [-0.15, -0.1) is 0 Å². The molecule has 0 aromatic carbocycles. The van der Waals surface area contributed by atoms with Crippen molar-refractivity contribution in [3.63, 3.8) is 0 Å². The first-order valence-electron chi connectivity index (χ1n) is 5.69. The second kappa shape index (κ2) is 5.69. The van der Waals surface area contributed by atoms with E-state index in [1.807, 2.05) is 7.05 Å². The van der Waals surface area contributed by atoms with E-state index in [9.17, 15) is 5.11 Å². The highest BCUT2D eigenvalue weighted by molar-refractivity contribution is 4.87. The predicted octanol–water partition coefficient (Wildman–Crippen LogP) is 0.545. The van der Waals surface area contributed by atoms with Gasteiger partial charge in [0, 0.05) is 19.2 Å². The maximum atomic E-state index is 9.30. The summed E-state index contributed by atoms with van der Waals surface area (Å²) in [4.78, 5) is 2.37. The van der Waals surface area contributed by atoms with Gasteiger partial charge in [0.1, 0.15) is 0 Å². The number of rotatable bonds is 5. The maximum Gasteiger partial charge on any atom is 0.0474 e. The molecule has 0 aromatic rings. The van der Waals surface area contributed by atoms with Gasteiger partial charge in [-0.1, -0.05) is 6.92 Å². The van der Waals surface area contributed by atoms with Crippen molar-refractivity contribution < 1.29 is 5.11 Å². The minimum atomic E-state index is 0.308. The summed E-state index contributed by atoms with van der Waals surface area (Å²) in [7, 11) is 4.19. The number of likely N-dealkylation sites (tertiary alicyclic amines) is 1.